The van der Waals surface area contributed by atoms with Crippen LogP contribution in [-0.2, 0) is 0 Å². The third kappa shape index (κ3) is 5.06. The fourth-order valence-corrected chi connectivity index (χ4v) is 4.44. The average Bonchev–Trinajstić information content (AvgIpc) is 2.70. The Bertz CT molecular complexity index is 941. The van der Waals surface area contributed by atoms with Crippen LogP contribution in [0.15, 0.2) is 54.6 Å². The van der Waals surface area contributed by atoms with Gasteiger partial charge in [-0.3, -0.25) is 0 Å². The van der Waals surface area contributed by atoms with Crippen molar-refractivity contribution in [3.63, 3.8) is 0 Å². The van der Waals surface area contributed by atoms with Crippen molar-refractivity contribution in [1.82, 2.24) is 0 Å². The lowest BCUT2D eigenvalue weighted by atomic mass is 9.84. The van der Waals surface area contributed by atoms with Gasteiger partial charge in [0.15, 0.2) is 0 Å². The normalized spacial score (nSPS) is 11.0. The molecule has 31 heavy (non-hydrogen) atoms. The second kappa shape index (κ2) is 9.60. The molecule has 0 heterocycles. The number of nitrogens with zero attached hydrogens (tertiary/aromatic N) is 3. The molecule has 0 saturated carbocycles. The van der Waals surface area contributed by atoms with E-state index >= 15 is 0 Å². The van der Waals surface area contributed by atoms with Gasteiger partial charge in [-0.05, 0) is 53.1 Å². The summed E-state index contributed by atoms with van der Waals surface area (Å²) in [6.45, 7) is 0. The molecule has 0 atom stereocenters. The summed E-state index contributed by atoms with van der Waals surface area (Å²) in [6.07, 6.45) is 0. The van der Waals surface area contributed by atoms with E-state index in [1.54, 1.807) is 0 Å². The van der Waals surface area contributed by atoms with Crippen LogP contribution in [0.25, 0.3) is 0 Å². The van der Waals surface area contributed by atoms with Gasteiger partial charge in [-0.25, -0.2) is 0 Å². The summed E-state index contributed by atoms with van der Waals surface area (Å²) in [4.78, 5) is 6.09. The predicted octanol–water partition coefficient (Wildman–Crippen LogP) is 7.03. The zero-order valence-corrected chi connectivity index (χ0v) is 21.0. The molecule has 3 rings (SSSR count). The lowest BCUT2D eigenvalue weighted by molar-refractivity contribution is 0.972. The van der Waals surface area contributed by atoms with E-state index in [-0.39, 0.29) is 5.92 Å². The molecule has 0 radical (unpaired) electrons. The van der Waals surface area contributed by atoms with Crippen LogP contribution in [0.1, 0.15) is 22.6 Å². The molecule has 6 heteroatoms. The van der Waals surface area contributed by atoms with Gasteiger partial charge in [0.2, 0.25) is 0 Å². The molecule has 0 aliphatic rings. The molecule has 0 N–H and O–H groups in total. The molecule has 0 unspecified atom stereocenters. The van der Waals surface area contributed by atoms with Gasteiger partial charge in [-0.1, -0.05) is 53.0 Å². The SMILES string of the molecule is CN(C)c1ccc(C(c2ccc(N(C)C)cc2Cl)c2ccc(N(C)C)cc2Cl)c(Cl)c1. The van der Waals surface area contributed by atoms with Gasteiger partial charge in [0.1, 0.15) is 0 Å². The monoisotopic (exact) mass is 475 g/mol. The Morgan fingerprint density at radius 1 is 0.484 bits per heavy atom. The number of hydrogen-bond acceptors (Lipinski definition) is 3. The first-order valence-electron chi connectivity index (χ1n) is 10.0. The summed E-state index contributed by atoms with van der Waals surface area (Å²) in [7, 11) is 12.0. The third-order valence-corrected chi connectivity index (χ3v) is 6.42. The zero-order valence-electron chi connectivity index (χ0n) is 18.7. The topological polar surface area (TPSA) is 9.72 Å². The maximum absolute atomic E-state index is 6.81. The van der Waals surface area contributed by atoms with Crippen molar-refractivity contribution in [2.45, 2.75) is 5.92 Å². The number of hydrogen-bond donors (Lipinski definition) is 0. The molecular formula is C25H28Cl3N3. The second-order valence-electron chi connectivity index (χ2n) is 8.23. The van der Waals surface area contributed by atoms with Crippen molar-refractivity contribution in [1.29, 1.82) is 0 Å². The molecule has 0 aliphatic heterocycles. The van der Waals surface area contributed by atoms with Gasteiger partial charge in [0.25, 0.3) is 0 Å². The van der Waals surface area contributed by atoms with Gasteiger partial charge < -0.3 is 14.7 Å². The molecule has 0 aliphatic carbocycles. The molecule has 3 aromatic carbocycles. The molecule has 0 fully saturated rings. The summed E-state index contributed by atoms with van der Waals surface area (Å²) in [6, 6.07) is 18.3. The van der Waals surface area contributed by atoms with E-state index in [0.29, 0.717) is 15.1 Å². The molecule has 3 aromatic rings. The first-order valence-corrected chi connectivity index (χ1v) is 11.1. The molecule has 3 nitrogen and oxygen atoms in total. The lowest BCUT2D eigenvalue weighted by Gasteiger charge is -2.25. The molecule has 0 bridgehead atoms. The van der Waals surface area contributed by atoms with Crippen LogP contribution < -0.4 is 14.7 Å². The van der Waals surface area contributed by atoms with E-state index in [2.05, 4.69) is 36.4 Å². The van der Waals surface area contributed by atoms with Crippen molar-refractivity contribution in [2.75, 3.05) is 57.0 Å². The first-order chi connectivity index (χ1) is 14.6. The van der Waals surface area contributed by atoms with Crippen molar-refractivity contribution in [2.24, 2.45) is 0 Å². The van der Waals surface area contributed by atoms with Gasteiger partial charge in [-0.15, -0.1) is 0 Å². The highest BCUT2D eigenvalue weighted by Gasteiger charge is 2.25. The summed E-state index contributed by atoms with van der Waals surface area (Å²) < 4.78 is 0. The summed E-state index contributed by atoms with van der Waals surface area (Å²) in [5.74, 6) is -0.198. The third-order valence-electron chi connectivity index (χ3n) is 5.43. The lowest BCUT2D eigenvalue weighted by Crippen LogP contribution is -2.12. The van der Waals surface area contributed by atoms with E-state index in [4.69, 9.17) is 34.8 Å². The van der Waals surface area contributed by atoms with Crippen LogP contribution in [0, 0.1) is 0 Å². The van der Waals surface area contributed by atoms with Crippen molar-refractivity contribution in [3.8, 4) is 0 Å². The molecular weight excluding hydrogens is 449 g/mol. The van der Waals surface area contributed by atoms with Gasteiger partial charge >= 0.3 is 0 Å². The minimum Gasteiger partial charge on any atom is -0.378 e. The number of anilines is 3. The van der Waals surface area contributed by atoms with Gasteiger partial charge in [-0.2, -0.15) is 0 Å². The van der Waals surface area contributed by atoms with Crippen molar-refractivity contribution >= 4 is 51.9 Å². The number of halogens is 3. The Labute approximate surface area is 200 Å². The summed E-state index contributed by atoms with van der Waals surface area (Å²) in [5.41, 5.74) is 6.01. The van der Waals surface area contributed by atoms with Crippen molar-refractivity contribution in [3.05, 3.63) is 86.4 Å². The van der Waals surface area contributed by atoms with E-state index in [9.17, 15) is 0 Å². The fraction of sp³-hybridized carbons (Fsp3) is 0.280. The maximum atomic E-state index is 6.81. The van der Waals surface area contributed by atoms with E-state index in [1.807, 2.05) is 75.2 Å². The Morgan fingerprint density at radius 3 is 0.935 bits per heavy atom. The highest BCUT2D eigenvalue weighted by molar-refractivity contribution is 6.33. The zero-order chi connectivity index (χ0) is 22.9. The first kappa shape index (κ1) is 23.6. The van der Waals surface area contributed by atoms with Crippen LogP contribution >= 0.6 is 34.8 Å². The Balaban J connectivity index is 2.23. The fourth-order valence-electron chi connectivity index (χ4n) is 3.59. The molecule has 0 saturated heterocycles. The largest absolute Gasteiger partial charge is 0.378 e. The Morgan fingerprint density at radius 2 is 0.742 bits per heavy atom. The molecule has 0 amide bonds. The highest BCUT2D eigenvalue weighted by Crippen LogP contribution is 2.43. The van der Waals surface area contributed by atoms with Gasteiger partial charge in [0, 0.05) is 80.3 Å². The van der Waals surface area contributed by atoms with Crippen LogP contribution in [-0.4, -0.2) is 42.3 Å². The van der Waals surface area contributed by atoms with Crippen LogP contribution in [0.5, 0.6) is 0 Å². The standard InChI is InChI=1S/C25H28Cl3N3/c1-29(2)16-7-10-19(22(26)13-16)25(20-11-8-17(30(3)4)14-23(20)27)21-12-9-18(31(5)6)15-24(21)28/h7-15,25H,1-6H3. The number of benzene rings is 3. The second-order valence-corrected chi connectivity index (χ2v) is 9.46. The molecule has 0 aromatic heterocycles. The number of rotatable bonds is 6. The Hall–Kier alpha value is -2.07. The van der Waals surface area contributed by atoms with Crippen molar-refractivity contribution < 1.29 is 0 Å². The minimum absolute atomic E-state index is 0.198. The van der Waals surface area contributed by atoms with Crippen LogP contribution in [0.2, 0.25) is 15.1 Å². The highest BCUT2D eigenvalue weighted by atomic mass is 35.5. The average molecular weight is 477 g/mol. The predicted molar refractivity (Wildman–Crippen MR) is 138 cm³/mol. The van der Waals surface area contributed by atoms with E-state index in [0.717, 1.165) is 33.8 Å². The smallest absolute Gasteiger partial charge is 0.0468 e. The van der Waals surface area contributed by atoms with Crippen LogP contribution in [0.3, 0.4) is 0 Å². The maximum Gasteiger partial charge on any atom is 0.0468 e. The Kier molecular flexibility index (Phi) is 7.31. The van der Waals surface area contributed by atoms with E-state index < -0.39 is 0 Å². The van der Waals surface area contributed by atoms with E-state index in [1.165, 1.54) is 0 Å². The molecule has 0 spiro atoms. The van der Waals surface area contributed by atoms with Crippen LogP contribution in [0.4, 0.5) is 17.1 Å². The van der Waals surface area contributed by atoms with Gasteiger partial charge in [0.05, 0.1) is 0 Å². The quantitative estimate of drug-likeness (QED) is 0.354. The molecule has 164 valence electrons. The minimum atomic E-state index is -0.198. The summed E-state index contributed by atoms with van der Waals surface area (Å²) >= 11 is 20.4. The summed E-state index contributed by atoms with van der Waals surface area (Å²) in [5, 5.41) is 2.03.